The lowest BCUT2D eigenvalue weighted by molar-refractivity contribution is 0.625. The van der Waals surface area contributed by atoms with Crippen molar-refractivity contribution in [2.24, 2.45) is 11.7 Å². The molecule has 1 aliphatic rings. The lowest BCUT2D eigenvalue weighted by atomic mass is 10.2. The summed E-state index contributed by atoms with van der Waals surface area (Å²) in [6, 6.07) is 4.12. The van der Waals surface area contributed by atoms with Crippen molar-refractivity contribution in [2.45, 2.75) is 23.8 Å². The van der Waals surface area contributed by atoms with Gasteiger partial charge in [-0.25, -0.2) is 4.39 Å². The summed E-state index contributed by atoms with van der Waals surface area (Å²) >= 11 is 5.63. The van der Waals surface area contributed by atoms with Crippen LogP contribution < -0.4 is 5.73 Å². The van der Waals surface area contributed by atoms with E-state index in [9.17, 15) is 8.60 Å². The molecule has 0 heterocycles. The third-order valence-electron chi connectivity index (χ3n) is 2.73. The molecule has 5 heteroatoms. The zero-order valence-corrected chi connectivity index (χ0v) is 10.2. The lowest BCUT2D eigenvalue weighted by Gasteiger charge is -2.09. The maximum atomic E-state index is 12.9. The topological polar surface area (TPSA) is 43.1 Å². The van der Waals surface area contributed by atoms with Crippen molar-refractivity contribution >= 4 is 22.4 Å². The molecule has 0 bridgehead atoms. The normalized spacial score (nSPS) is 19.4. The minimum absolute atomic E-state index is 0.00541. The van der Waals surface area contributed by atoms with Gasteiger partial charge in [0.2, 0.25) is 0 Å². The van der Waals surface area contributed by atoms with E-state index in [-0.39, 0.29) is 11.1 Å². The minimum Gasteiger partial charge on any atom is -0.327 e. The molecular weight excluding hydrogens is 249 g/mol. The molecule has 2 nitrogen and oxygen atoms in total. The largest absolute Gasteiger partial charge is 0.327 e. The summed E-state index contributed by atoms with van der Waals surface area (Å²) < 4.78 is 24.8. The molecule has 2 rings (SSSR count). The van der Waals surface area contributed by atoms with Gasteiger partial charge in [0.1, 0.15) is 5.82 Å². The number of nitrogens with two attached hydrogens (primary N) is 1. The Balaban J connectivity index is 2.05. The Hall–Kier alpha value is -0.450. The van der Waals surface area contributed by atoms with Crippen LogP contribution in [0.1, 0.15) is 12.8 Å². The van der Waals surface area contributed by atoms with Gasteiger partial charge in [-0.3, -0.25) is 4.21 Å². The van der Waals surface area contributed by atoms with Crippen LogP contribution in [0, 0.1) is 11.7 Å². The highest BCUT2D eigenvalue weighted by molar-refractivity contribution is 7.85. The number of hydrogen-bond donors (Lipinski definition) is 1. The molecular formula is C11H13ClFNOS. The fraction of sp³-hybridized carbons (Fsp3) is 0.455. The van der Waals surface area contributed by atoms with Crippen molar-refractivity contribution in [3.63, 3.8) is 0 Å². The molecule has 0 saturated heterocycles. The molecule has 16 heavy (non-hydrogen) atoms. The van der Waals surface area contributed by atoms with Crippen molar-refractivity contribution in [1.29, 1.82) is 0 Å². The number of hydrogen-bond acceptors (Lipinski definition) is 2. The average molecular weight is 262 g/mol. The summed E-state index contributed by atoms with van der Waals surface area (Å²) in [5, 5.41) is 0.00541. The standard InChI is InChI=1S/C11H13ClFNOS/c12-9-5-8(3-4-10(9)13)16(15)6-11(14)7-1-2-7/h3-5,7,11H,1-2,6,14H2. The second-order valence-electron chi connectivity index (χ2n) is 4.09. The van der Waals surface area contributed by atoms with Crippen LogP contribution in [-0.2, 0) is 10.8 Å². The van der Waals surface area contributed by atoms with Gasteiger partial charge in [-0.15, -0.1) is 0 Å². The van der Waals surface area contributed by atoms with Crippen LogP contribution in [0.4, 0.5) is 4.39 Å². The van der Waals surface area contributed by atoms with Crippen LogP contribution in [0.5, 0.6) is 0 Å². The molecule has 1 saturated carbocycles. The van der Waals surface area contributed by atoms with E-state index in [1.807, 2.05) is 0 Å². The van der Waals surface area contributed by atoms with E-state index >= 15 is 0 Å². The maximum Gasteiger partial charge on any atom is 0.141 e. The fourth-order valence-corrected chi connectivity index (χ4v) is 3.08. The second kappa shape index (κ2) is 4.82. The van der Waals surface area contributed by atoms with Crippen molar-refractivity contribution in [2.75, 3.05) is 5.75 Å². The fourth-order valence-electron chi connectivity index (χ4n) is 1.55. The van der Waals surface area contributed by atoms with Gasteiger partial charge in [0, 0.05) is 16.7 Å². The monoisotopic (exact) mass is 261 g/mol. The van der Waals surface area contributed by atoms with Crippen LogP contribution in [-0.4, -0.2) is 16.0 Å². The van der Waals surface area contributed by atoms with Crippen molar-refractivity contribution in [1.82, 2.24) is 0 Å². The third-order valence-corrected chi connectivity index (χ3v) is 4.48. The Morgan fingerprint density at radius 3 is 2.81 bits per heavy atom. The molecule has 1 aromatic rings. The molecule has 0 radical (unpaired) electrons. The van der Waals surface area contributed by atoms with Gasteiger partial charge < -0.3 is 5.73 Å². The number of rotatable bonds is 4. The predicted molar refractivity (Wildman–Crippen MR) is 63.4 cm³/mol. The highest BCUT2D eigenvalue weighted by atomic mass is 35.5. The second-order valence-corrected chi connectivity index (χ2v) is 5.99. The molecule has 2 atom stereocenters. The first kappa shape index (κ1) is 12.0. The van der Waals surface area contributed by atoms with Gasteiger partial charge in [-0.2, -0.15) is 0 Å². The van der Waals surface area contributed by atoms with Gasteiger partial charge in [0.25, 0.3) is 0 Å². The highest BCUT2D eigenvalue weighted by Crippen LogP contribution is 2.32. The third kappa shape index (κ3) is 2.81. The van der Waals surface area contributed by atoms with Crippen LogP contribution in [0.25, 0.3) is 0 Å². The Morgan fingerprint density at radius 2 is 2.25 bits per heavy atom. The first-order chi connectivity index (χ1) is 7.58. The molecule has 0 aliphatic heterocycles. The Bertz CT molecular complexity index is 422. The van der Waals surface area contributed by atoms with Gasteiger partial charge in [0.15, 0.2) is 0 Å². The summed E-state index contributed by atoms with van der Waals surface area (Å²) in [5.41, 5.74) is 5.89. The molecule has 1 aliphatic carbocycles. The maximum absolute atomic E-state index is 12.9. The van der Waals surface area contributed by atoms with E-state index in [0.717, 1.165) is 12.8 Å². The first-order valence-electron chi connectivity index (χ1n) is 5.17. The molecule has 1 aromatic carbocycles. The smallest absolute Gasteiger partial charge is 0.141 e. The van der Waals surface area contributed by atoms with E-state index in [0.29, 0.717) is 16.6 Å². The molecule has 0 spiro atoms. The molecule has 0 aromatic heterocycles. The van der Waals surface area contributed by atoms with Crippen molar-refractivity contribution in [3.8, 4) is 0 Å². The summed E-state index contributed by atoms with van der Waals surface area (Å²) in [6.45, 7) is 0. The molecule has 2 N–H and O–H groups in total. The quantitative estimate of drug-likeness (QED) is 0.904. The summed E-state index contributed by atoms with van der Waals surface area (Å²) in [7, 11) is -1.19. The van der Waals surface area contributed by atoms with Crippen molar-refractivity contribution < 1.29 is 8.60 Å². The van der Waals surface area contributed by atoms with Gasteiger partial charge in [-0.05, 0) is 37.0 Å². The van der Waals surface area contributed by atoms with Crippen LogP contribution >= 0.6 is 11.6 Å². The first-order valence-corrected chi connectivity index (χ1v) is 6.86. The Kier molecular flexibility index (Phi) is 3.62. The number of halogens is 2. The summed E-state index contributed by atoms with van der Waals surface area (Å²) in [5.74, 6) is 0.445. The average Bonchev–Trinajstić information content (AvgIpc) is 3.05. The zero-order valence-electron chi connectivity index (χ0n) is 8.66. The van der Waals surface area contributed by atoms with E-state index < -0.39 is 16.6 Å². The van der Waals surface area contributed by atoms with E-state index in [2.05, 4.69) is 0 Å². The van der Waals surface area contributed by atoms with Crippen LogP contribution in [0.15, 0.2) is 23.1 Å². The highest BCUT2D eigenvalue weighted by Gasteiger charge is 2.29. The van der Waals surface area contributed by atoms with E-state index in [4.69, 9.17) is 17.3 Å². The molecule has 2 unspecified atom stereocenters. The molecule has 88 valence electrons. The van der Waals surface area contributed by atoms with E-state index in [1.165, 1.54) is 18.2 Å². The van der Waals surface area contributed by atoms with Crippen LogP contribution in [0.3, 0.4) is 0 Å². The Morgan fingerprint density at radius 1 is 1.56 bits per heavy atom. The summed E-state index contributed by atoms with van der Waals surface area (Å²) in [4.78, 5) is 0.544. The lowest BCUT2D eigenvalue weighted by Crippen LogP contribution is -2.29. The summed E-state index contributed by atoms with van der Waals surface area (Å²) in [6.07, 6.45) is 2.26. The predicted octanol–water partition coefficient (Wildman–Crippen LogP) is 2.32. The SMILES string of the molecule is NC(CS(=O)c1ccc(F)c(Cl)c1)C1CC1. The molecule has 0 amide bonds. The van der Waals surface area contributed by atoms with Crippen LogP contribution in [0.2, 0.25) is 5.02 Å². The Labute approximate surface area is 101 Å². The van der Waals surface area contributed by atoms with Gasteiger partial charge >= 0.3 is 0 Å². The number of benzene rings is 1. The minimum atomic E-state index is -1.19. The zero-order chi connectivity index (χ0) is 11.7. The van der Waals surface area contributed by atoms with Gasteiger partial charge in [0.05, 0.1) is 15.8 Å². The van der Waals surface area contributed by atoms with Gasteiger partial charge in [-0.1, -0.05) is 11.6 Å². The van der Waals surface area contributed by atoms with Crippen molar-refractivity contribution in [3.05, 3.63) is 29.0 Å². The van der Waals surface area contributed by atoms with E-state index in [1.54, 1.807) is 0 Å². The molecule has 1 fully saturated rings.